The lowest BCUT2D eigenvalue weighted by atomic mass is 9.85. The Balaban J connectivity index is 1.76. The van der Waals surface area contributed by atoms with Crippen molar-refractivity contribution in [3.05, 3.63) is 12.3 Å². The summed E-state index contributed by atoms with van der Waals surface area (Å²) in [5.74, 6) is -0.788. The van der Waals surface area contributed by atoms with Gasteiger partial charge in [-0.15, -0.1) is 0 Å². The fourth-order valence-corrected chi connectivity index (χ4v) is 3.71. The van der Waals surface area contributed by atoms with Crippen molar-refractivity contribution in [3.63, 3.8) is 0 Å². The molecule has 0 spiro atoms. The van der Waals surface area contributed by atoms with Gasteiger partial charge >= 0.3 is 0 Å². The average Bonchev–Trinajstić information content (AvgIpc) is 2.78. The summed E-state index contributed by atoms with van der Waals surface area (Å²) in [6, 6.07) is 0. The lowest BCUT2D eigenvalue weighted by Gasteiger charge is -2.43. The first kappa shape index (κ1) is 18.0. The summed E-state index contributed by atoms with van der Waals surface area (Å²) < 4.78 is 16.3. The molecule has 9 heteroatoms. The first-order valence-corrected chi connectivity index (χ1v) is 7.96. The molecular weight excluding hydrogens is 324 g/mol. The van der Waals surface area contributed by atoms with E-state index in [0.717, 1.165) is 0 Å². The lowest BCUT2D eigenvalue weighted by Crippen LogP contribution is -2.60. The van der Waals surface area contributed by atoms with E-state index < -0.39 is 61.2 Å². The molecule has 0 radical (unpaired) electrons. The van der Waals surface area contributed by atoms with Crippen molar-refractivity contribution in [2.24, 2.45) is 11.8 Å². The molecule has 0 aromatic carbocycles. The van der Waals surface area contributed by atoms with Crippen LogP contribution in [-0.4, -0.2) is 85.9 Å². The molecule has 0 amide bonds. The molecule has 10 unspecified atom stereocenters. The number of rotatable bonds is 3. The summed E-state index contributed by atoms with van der Waals surface area (Å²) in [4.78, 5) is 0. The average molecular weight is 348 g/mol. The van der Waals surface area contributed by atoms with Crippen LogP contribution in [0, 0.1) is 11.8 Å². The highest BCUT2D eigenvalue weighted by Gasteiger charge is 2.57. The molecule has 0 aromatic heterocycles. The highest BCUT2D eigenvalue weighted by molar-refractivity contribution is 5.10. The van der Waals surface area contributed by atoms with Crippen LogP contribution in [0.5, 0.6) is 0 Å². The maximum absolute atomic E-state index is 10.5. The Morgan fingerprint density at radius 1 is 1.12 bits per heavy atom. The molecule has 138 valence electrons. The first-order chi connectivity index (χ1) is 11.3. The number of aliphatic hydroxyl groups is 6. The van der Waals surface area contributed by atoms with Gasteiger partial charge in [0.1, 0.15) is 24.4 Å². The summed E-state index contributed by atoms with van der Waals surface area (Å²) in [5.41, 5.74) is -1.46. The molecule has 0 bridgehead atoms. The normalized spacial score (nSPS) is 54.4. The molecule has 6 N–H and O–H groups in total. The van der Waals surface area contributed by atoms with Gasteiger partial charge in [-0.1, -0.05) is 0 Å². The third-order valence-electron chi connectivity index (χ3n) is 5.25. The zero-order chi connectivity index (χ0) is 17.6. The van der Waals surface area contributed by atoms with Crippen molar-refractivity contribution in [2.75, 3.05) is 6.61 Å². The van der Waals surface area contributed by atoms with Crippen LogP contribution in [0.4, 0.5) is 0 Å². The monoisotopic (exact) mass is 348 g/mol. The van der Waals surface area contributed by atoms with Crippen LogP contribution in [0.25, 0.3) is 0 Å². The van der Waals surface area contributed by atoms with Crippen molar-refractivity contribution >= 4 is 0 Å². The van der Waals surface area contributed by atoms with Gasteiger partial charge in [0, 0.05) is 0 Å². The second kappa shape index (κ2) is 6.50. The van der Waals surface area contributed by atoms with Gasteiger partial charge in [-0.05, 0) is 25.3 Å². The van der Waals surface area contributed by atoms with Gasteiger partial charge in [-0.25, -0.2) is 0 Å². The minimum absolute atomic E-state index is 0.182. The van der Waals surface area contributed by atoms with E-state index in [9.17, 15) is 30.6 Å². The third-order valence-corrected chi connectivity index (χ3v) is 5.25. The standard InChI is InChI=1S/C15H24O9/c1-15(21)8(17)4-6-2-3-22-13(9(6)15)24-14-12(20)11(19)10(18)7(5-16)23-14/h2-3,6-14,16-21H,4-5H2,1H3. The van der Waals surface area contributed by atoms with Crippen LogP contribution in [0.2, 0.25) is 0 Å². The van der Waals surface area contributed by atoms with E-state index in [4.69, 9.17) is 14.2 Å². The summed E-state index contributed by atoms with van der Waals surface area (Å²) in [6.07, 6.45) is -5.62. The third kappa shape index (κ3) is 2.85. The molecule has 1 saturated carbocycles. The number of hydrogen-bond acceptors (Lipinski definition) is 9. The van der Waals surface area contributed by atoms with Crippen molar-refractivity contribution in [1.82, 2.24) is 0 Å². The molecule has 2 aliphatic heterocycles. The fourth-order valence-electron chi connectivity index (χ4n) is 3.71. The SMILES string of the molecule is CC1(O)C(O)CC2C=COC(OC3OC(CO)C(O)C(O)C3O)C21. The molecule has 2 heterocycles. The van der Waals surface area contributed by atoms with Crippen LogP contribution >= 0.6 is 0 Å². The van der Waals surface area contributed by atoms with Crippen LogP contribution in [0.15, 0.2) is 12.3 Å². The van der Waals surface area contributed by atoms with Gasteiger partial charge in [-0.3, -0.25) is 0 Å². The Labute approximate surface area is 138 Å². The Morgan fingerprint density at radius 2 is 1.83 bits per heavy atom. The lowest BCUT2D eigenvalue weighted by molar-refractivity contribution is -0.346. The Kier molecular flexibility index (Phi) is 4.89. The summed E-state index contributed by atoms with van der Waals surface area (Å²) in [7, 11) is 0. The smallest absolute Gasteiger partial charge is 0.207 e. The summed E-state index contributed by atoms with van der Waals surface area (Å²) in [5, 5.41) is 59.4. The zero-order valence-electron chi connectivity index (χ0n) is 13.2. The molecular formula is C15H24O9. The largest absolute Gasteiger partial charge is 0.472 e. The molecule has 24 heavy (non-hydrogen) atoms. The van der Waals surface area contributed by atoms with Crippen LogP contribution in [0.3, 0.4) is 0 Å². The molecule has 3 rings (SSSR count). The van der Waals surface area contributed by atoms with E-state index in [1.54, 1.807) is 6.08 Å². The molecule has 1 saturated heterocycles. The van der Waals surface area contributed by atoms with Crippen molar-refractivity contribution in [3.8, 4) is 0 Å². The number of aliphatic hydroxyl groups excluding tert-OH is 5. The van der Waals surface area contributed by atoms with Crippen molar-refractivity contribution < 1.29 is 44.8 Å². The van der Waals surface area contributed by atoms with E-state index >= 15 is 0 Å². The van der Waals surface area contributed by atoms with E-state index in [0.29, 0.717) is 6.42 Å². The molecule has 3 aliphatic rings. The zero-order valence-corrected chi connectivity index (χ0v) is 13.2. The second-order valence-electron chi connectivity index (χ2n) is 6.83. The predicted molar refractivity (Wildman–Crippen MR) is 77.1 cm³/mol. The number of ether oxygens (including phenoxy) is 3. The molecule has 2 fully saturated rings. The van der Waals surface area contributed by atoms with Crippen LogP contribution in [-0.2, 0) is 14.2 Å². The fraction of sp³-hybridized carbons (Fsp3) is 0.867. The van der Waals surface area contributed by atoms with E-state index in [1.165, 1.54) is 13.2 Å². The van der Waals surface area contributed by atoms with Gasteiger partial charge in [0.05, 0.1) is 30.5 Å². The molecule has 1 aliphatic carbocycles. The van der Waals surface area contributed by atoms with Gasteiger partial charge < -0.3 is 44.8 Å². The quantitative estimate of drug-likeness (QED) is 0.323. The Hall–Kier alpha value is -0.780. The predicted octanol–water partition coefficient (Wildman–Crippen LogP) is -2.58. The van der Waals surface area contributed by atoms with Crippen molar-refractivity contribution in [1.29, 1.82) is 0 Å². The van der Waals surface area contributed by atoms with Crippen LogP contribution in [0.1, 0.15) is 13.3 Å². The van der Waals surface area contributed by atoms with Gasteiger partial charge in [0.2, 0.25) is 6.29 Å². The van der Waals surface area contributed by atoms with Gasteiger partial charge in [0.25, 0.3) is 0 Å². The second-order valence-corrected chi connectivity index (χ2v) is 6.83. The highest BCUT2D eigenvalue weighted by atomic mass is 16.8. The minimum atomic E-state index is -1.56. The van der Waals surface area contributed by atoms with E-state index in [2.05, 4.69) is 0 Å². The molecule has 9 nitrogen and oxygen atoms in total. The number of fused-ring (bicyclic) bond motifs is 1. The topological polar surface area (TPSA) is 149 Å². The first-order valence-electron chi connectivity index (χ1n) is 7.96. The number of allylic oxidation sites excluding steroid dienone is 1. The summed E-state index contributed by atoms with van der Waals surface area (Å²) >= 11 is 0. The Morgan fingerprint density at radius 3 is 2.50 bits per heavy atom. The molecule has 0 aromatic rings. The molecule has 10 atom stereocenters. The maximum Gasteiger partial charge on any atom is 0.207 e. The Bertz CT molecular complexity index is 480. The minimum Gasteiger partial charge on any atom is -0.472 e. The highest BCUT2D eigenvalue weighted by Crippen LogP contribution is 2.46. The summed E-state index contributed by atoms with van der Waals surface area (Å²) in [6.45, 7) is 0.910. The van der Waals surface area contributed by atoms with Crippen LogP contribution < -0.4 is 0 Å². The van der Waals surface area contributed by atoms with E-state index in [1.807, 2.05) is 0 Å². The number of hydrogen-bond donors (Lipinski definition) is 6. The van der Waals surface area contributed by atoms with Gasteiger partial charge in [-0.2, -0.15) is 0 Å². The van der Waals surface area contributed by atoms with Crippen molar-refractivity contribution in [2.45, 2.75) is 62.0 Å². The van der Waals surface area contributed by atoms with E-state index in [-0.39, 0.29) is 5.92 Å². The van der Waals surface area contributed by atoms with Gasteiger partial charge in [0.15, 0.2) is 6.29 Å². The maximum atomic E-state index is 10.5.